The van der Waals surface area contributed by atoms with Crippen molar-refractivity contribution in [1.82, 2.24) is 0 Å². The fraction of sp³-hybridized carbons (Fsp3) is 0.536. The maximum Gasteiger partial charge on any atom is 0.309 e. The fourth-order valence-electron chi connectivity index (χ4n) is 6.30. The van der Waals surface area contributed by atoms with E-state index in [2.05, 4.69) is 69.3 Å². The molecule has 0 amide bonds. The molecule has 2 heterocycles. The number of cyclic esters (lactones) is 1. The Morgan fingerprint density at radius 3 is 1.97 bits per heavy atom. The van der Waals surface area contributed by atoms with E-state index in [1.165, 1.54) is 10.4 Å². The normalized spacial score (nSPS) is 30.5. The smallest absolute Gasteiger partial charge is 0.309 e. The van der Waals surface area contributed by atoms with Crippen molar-refractivity contribution in [3.05, 3.63) is 60.7 Å². The highest BCUT2D eigenvalue weighted by atomic mass is 28.4. The van der Waals surface area contributed by atoms with Gasteiger partial charge in [-0.15, -0.1) is 0 Å². The van der Waals surface area contributed by atoms with Crippen molar-refractivity contribution in [1.29, 1.82) is 0 Å². The number of hydrogen-bond acceptors (Lipinski definition) is 5. The first-order chi connectivity index (χ1) is 16.1. The van der Waals surface area contributed by atoms with E-state index in [0.717, 1.165) is 6.42 Å². The average molecular weight is 481 g/mol. The molecule has 2 aromatic rings. The first-order valence-corrected chi connectivity index (χ1v) is 14.3. The first-order valence-electron chi connectivity index (χ1n) is 12.4. The molecular formula is C28H36O5Si. The SMILES string of the molecule is CC1(C)O[C@H]2C[C@@H]3[C@@H](CO[Si](c4ccccc4)(c4ccccc4)C(C)(C)C)OC(=O)[C@@H]3C[C@H]2O1. The molecule has 5 atom stereocenters. The topological polar surface area (TPSA) is 54.0 Å². The molecule has 1 saturated carbocycles. The van der Waals surface area contributed by atoms with Crippen LogP contribution in [0.2, 0.25) is 5.04 Å². The van der Waals surface area contributed by atoms with Gasteiger partial charge in [-0.05, 0) is 42.1 Å². The lowest BCUT2D eigenvalue weighted by Crippen LogP contribution is -2.67. The minimum atomic E-state index is -2.69. The van der Waals surface area contributed by atoms with E-state index in [-0.39, 0.29) is 41.2 Å². The number of carbonyl (C=O) groups is 1. The Kier molecular flexibility index (Phi) is 6.00. The molecule has 0 bridgehead atoms. The van der Waals surface area contributed by atoms with Crippen molar-refractivity contribution in [2.45, 2.75) is 76.6 Å². The molecule has 3 fully saturated rings. The van der Waals surface area contributed by atoms with Gasteiger partial charge in [0.05, 0.1) is 24.7 Å². The lowest BCUT2D eigenvalue weighted by molar-refractivity contribution is -0.152. The van der Waals surface area contributed by atoms with Crippen LogP contribution in [0.4, 0.5) is 0 Å². The largest absolute Gasteiger partial charge is 0.459 e. The molecule has 2 aliphatic heterocycles. The summed E-state index contributed by atoms with van der Waals surface area (Å²) in [6.07, 6.45) is 1.11. The molecule has 34 heavy (non-hydrogen) atoms. The van der Waals surface area contributed by atoms with Crippen molar-refractivity contribution >= 4 is 24.7 Å². The first kappa shape index (κ1) is 23.7. The van der Waals surface area contributed by atoms with Gasteiger partial charge < -0.3 is 18.6 Å². The summed E-state index contributed by atoms with van der Waals surface area (Å²) in [7, 11) is -2.69. The average Bonchev–Trinajstić information content (AvgIpc) is 3.26. The minimum Gasteiger partial charge on any atom is -0.459 e. The Morgan fingerprint density at radius 1 is 0.912 bits per heavy atom. The fourth-order valence-corrected chi connectivity index (χ4v) is 10.9. The Labute approximate surface area is 203 Å². The highest BCUT2D eigenvalue weighted by Gasteiger charge is 2.57. The molecule has 3 aliphatic rings. The van der Waals surface area contributed by atoms with Crippen LogP contribution in [0.15, 0.2) is 60.7 Å². The van der Waals surface area contributed by atoms with Gasteiger partial charge in [-0.2, -0.15) is 0 Å². The van der Waals surface area contributed by atoms with Gasteiger partial charge >= 0.3 is 5.97 Å². The van der Waals surface area contributed by atoms with E-state index >= 15 is 0 Å². The van der Waals surface area contributed by atoms with Crippen LogP contribution in [0.5, 0.6) is 0 Å². The van der Waals surface area contributed by atoms with E-state index in [1.54, 1.807) is 0 Å². The number of benzene rings is 2. The maximum absolute atomic E-state index is 12.9. The van der Waals surface area contributed by atoms with Crippen LogP contribution in [0.3, 0.4) is 0 Å². The lowest BCUT2D eigenvalue weighted by Gasteiger charge is -2.43. The van der Waals surface area contributed by atoms with Crippen molar-refractivity contribution in [3.63, 3.8) is 0 Å². The second-order valence-corrected chi connectivity index (χ2v) is 15.7. The lowest BCUT2D eigenvalue weighted by atomic mass is 9.76. The Balaban J connectivity index is 1.45. The number of esters is 1. The number of ether oxygens (including phenoxy) is 3. The predicted molar refractivity (Wildman–Crippen MR) is 133 cm³/mol. The van der Waals surface area contributed by atoms with Crippen LogP contribution >= 0.6 is 0 Å². The molecule has 2 aromatic carbocycles. The zero-order valence-corrected chi connectivity index (χ0v) is 21.8. The molecule has 182 valence electrons. The van der Waals surface area contributed by atoms with Gasteiger partial charge in [-0.25, -0.2) is 0 Å². The number of carbonyl (C=O) groups excluding carboxylic acids is 1. The summed E-state index contributed by atoms with van der Waals surface area (Å²) in [5.41, 5.74) is 0. The molecule has 6 heteroatoms. The van der Waals surface area contributed by atoms with E-state index in [9.17, 15) is 4.79 Å². The molecule has 5 nitrogen and oxygen atoms in total. The molecule has 0 aromatic heterocycles. The van der Waals surface area contributed by atoms with Gasteiger partial charge in [0, 0.05) is 5.92 Å². The van der Waals surface area contributed by atoms with E-state index in [1.807, 2.05) is 26.0 Å². The molecule has 0 spiro atoms. The Bertz CT molecular complexity index is 977. The van der Waals surface area contributed by atoms with Gasteiger partial charge in [0.1, 0.15) is 6.10 Å². The Hall–Kier alpha value is -1.99. The minimum absolute atomic E-state index is 0.00103. The zero-order chi connectivity index (χ0) is 24.1. The highest BCUT2D eigenvalue weighted by molar-refractivity contribution is 6.99. The van der Waals surface area contributed by atoms with Crippen molar-refractivity contribution in [2.75, 3.05) is 6.61 Å². The maximum atomic E-state index is 12.9. The zero-order valence-electron chi connectivity index (χ0n) is 20.8. The van der Waals surface area contributed by atoms with Crippen LogP contribution in [-0.2, 0) is 23.4 Å². The van der Waals surface area contributed by atoms with Crippen molar-refractivity contribution < 1.29 is 23.4 Å². The second-order valence-electron chi connectivity index (χ2n) is 11.4. The van der Waals surface area contributed by atoms with Crippen LogP contribution in [0, 0.1) is 11.8 Å². The molecule has 1 aliphatic carbocycles. The van der Waals surface area contributed by atoms with Gasteiger partial charge in [0.2, 0.25) is 0 Å². The Morgan fingerprint density at radius 2 is 1.44 bits per heavy atom. The van der Waals surface area contributed by atoms with Gasteiger partial charge in [-0.1, -0.05) is 81.4 Å². The van der Waals surface area contributed by atoms with Crippen LogP contribution < -0.4 is 10.4 Å². The monoisotopic (exact) mass is 480 g/mol. The van der Waals surface area contributed by atoms with Crippen LogP contribution in [0.1, 0.15) is 47.5 Å². The summed E-state index contributed by atoms with van der Waals surface area (Å²) in [4.78, 5) is 12.9. The van der Waals surface area contributed by atoms with Crippen LogP contribution in [-0.4, -0.2) is 45.0 Å². The van der Waals surface area contributed by atoms with Gasteiger partial charge in [-0.3, -0.25) is 4.79 Å². The number of fused-ring (bicyclic) bond motifs is 2. The summed E-state index contributed by atoms with van der Waals surface area (Å²) in [6.45, 7) is 11.1. The molecule has 5 rings (SSSR count). The summed E-state index contributed by atoms with van der Waals surface area (Å²) < 4.78 is 25.3. The summed E-state index contributed by atoms with van der Waals surface area (Å²) in [5.74, 6) is -0.775. The van der Waals surface area contributed by atoms with E-state index < -0.39 is 14.1 Å². The molecule has 0 radical (unpaired) electrons. The summed E-state index contributed by atoms with van der Waals surface area (Å²) in [5, 5.41) is 2.34. The number of rotatable bonds is 5. The van der Waals surface area contributed by atoms with Crippen molar-refractivity contribution in [2.24, 2.45) is 11.8 Å². The highest BCUT2D eigenvalue weighted by Crippen LogP contribution is 2.47. The third-order valence-corrected chi connectivity index (χ3v) is 12.7. The standard InChI is InChI=1S/C28H36O5Si/c1-27(2,3)34(19-12-8-6-9-13-19,20-14-10-7-11-15-20)30-18-25-21-16-23-24(33-28(4,5)32-23)17-22(21)26(29)31-25/h6-15,21-25H,16-18H2,1-5H3/t21-,22+,23-,24+,25+/m0/s1. The molecular weight excluding hydrogens is 444 g/mol. The van der Waals surface area contributed by atoms with Crippen LogP contribution in [0.25, 0.3) is 0 Å². The van der Waals surface area contributed by atoms with E-state index in [4.69, 9.17) is 18.6 Å². The quantitative estimate of drug-likeness (QED) is 0.478. The third kappa shape index (κ3) is 4.04. The molecule has 0 N–H and O–H groups in total. The number of hydrogen-bond donors (Lipinski definition) is 0. The van der Waals surface area contributed by atoms with Crippen molar-refractivity contribution in [3.8, 4) is 0 Å². The van der Waals surface area contributed by atoms with Gasteiger partial charge in [0.25, 0.3) is 8.32 Å². The summed E-state index contributed by atoms with van der Waals surface area (Å²) in [6, 6.07) is 21.2. The predicted octanol–water partition coefficient (Wildman–Crippen LogP) is 4.03. The van der Waals surface area contributed by atoms with Gasteiger partial charge in [0.15, 0.2) is 5.79 Å². The second kappa shape index (κ2) is 8.59. The summed E-state index contributed by atoms with van der Waals surface area (Å²) >= 11 is 0. The molecule has 2 saturated heterocycles. The molecule has 0 unspecified atom stereocenters. The third-order valence-electron chi connectivity index (χ3n) is 7.72. The van der Waals surface area contributed by atoms with E-state index in [0.29, 0.717) is 13.0 Å².